The van der Waals surface area contributed by atoms with E-state index in [-0.39, 0.29) is 18.6 Å². The molecule has 0 heterocycles. The van der Waals surface area contributed by atoms with Gasteiger partial charge in [0.1, 0.15) is 5.75 Å². The van der Waals surface area contributed by atoms with Gasteiger partial charge in [0.05, 0.1) is 19.2 Å². The van der Waals surface area contributed by atoms with E-state index in [0.717, 1.165) is 0 Å². The molecule has 0 saturated carbocycles. The molecule has 0 spiro atoms. The predicted molar refractivity (Wildman–Crippen MR) is 112 cm³/mol. The summed E-state index contributed by atoms with van der Waals surface area (Å²) < 4.78 is 10.00. The first-order chi connectivity index (χ1) is 14.3. The van der Waals surface area contributed by atoms with Crippen LogP contribution < -0.4 is 15.4 Å². The minimum atomic E-state index is -0.698. The van der Waals surface area contributed by atoms with Crippen LogP contribution in [0, 0.1) is 0 Å². The Morgan fingerprint density at radius 3 is 2.43 bits per heavy atom. The molecule has 30 heavy (non-hydrogen) atoms. The number of amides is 2. The van der Waals surface area contributed by atoms with Crippen molar-refractivity contribution < 1.29 is 28.7 Å². The van der Waals surface area contributed by atoms with Crippen LogP contribution in [0.5, 0.6) is 5.75 Å². The molecule has 9 heteroatoms. The van der Waals surface area contributed by atoms with Gasteiger partial charge in [-0.2, -0.15) is 0 Å². The van der Waals surface area contributed by atoms with Gasteiger partial charge in [0.2, 0.25) is 5.91 Å². The van der Waals surface area contributed by atoms with Crippen LogP contribution in [-0.2, 0) is 19.1 Å². The zero-order chi connectivity index (χ0) is 22.1. The van der Waals surface area contributed by atoms with Crippen LogP contribution in [0.15, 0.2) is 42.5 Å². The minimum Gasteiger partial charge on any atom is -0.495 e. The third-order valence-electron chi connectivity index (χ3n) is 3.91. The van der Waals surface area contributed by atoms with Gasteiger partial charge < -0.3 is 20.1 Å². The molecule has 2 rings (SSSR count). The SMILES string of the molecule is COc1ccc(Cl)cc1NC(=O)COC(=O)CCC(=O)Nc1cccc(C(C)=O)c1. The molecule has 0 atom stereocenters. The van der Waals surface area contributed by atoms with Crippen LogP contribution in [-0.4, -0.2) is 37.3 Å². The Balaban J connectivity index is 1.76. The molecule has 0 radical (unpaired) electrons. The second-order valence-electron chi connectivity index (χ2n) is 6.24. The number of anilines is 2. The number of hydrogen-bond donors (Lipinski definition) is 2. The Hall–Kier alpha value is -3.39. The number of halogens is 1. The highest BCUT2D eigenvalue weighted by atomic mass is 35.5. The van der Waals surface area contributed by atoms with Gasteiger partial charge in [0.25, 0.3) is 5.91 Å². The van der Waals surface area contributed by atoms with Crippen LogP contribution in [0.25, 0.3) is 0 Å². The van der Waals surface area contributed by atoms with E-state index in [0.29, 0.717) is 27.7 Å². The monoisotopic (exact) mass is 432 g/mol. The van der Waals surface area contributed by atoms with E-state index in [2.05, 4.69) is 10.6 Å². The molecule has 0 aliphatic rings. The molecule has 0 unspecified atom stereocenters. The largest absolute Gasteiger partial charge is 0.495 e. The van der Waals surface area contributed by atoms with Crippen molar-refractivity contribution in [1.29, 1.82) is 0 Å². The lowest BCUT2D eigenvalue weighted by atomic mass is 10.1. The molecule has 0 aliphatic carbocycles. The van der Waals surface area contributed by atoms with Crippen LogP contribution in [0.1, 0.15) is 30.1 Å². The van der Waals surface area contributed by atoms with Gasteiger partial charge in [-0.25, -0.2) is 0 Å². The number of esters is 1. The maximum Gasteiger partial charge on any atom is 0.306 e. The van der Waals surface area contributed by atoms with E-state index in [1.165, 1.54) is 20.1 Å². The van der Waals surface area contributed by atoms with E-state index in [1.807, 2.05) is 0 Å². The summed E-state index contributed by atoms with van der Waals surface area (Å²) in [5.74, 6) is -1.40. The summed E-state index contributed by atoms with van der Waals surface area (Å²) in [5.41, 5.74) is 1.27. The average molecular weight is 433 g/mol. The van der Waals surface area contributed by atoms with Crippen molar-refractivity contribution in [2.45, 2.75) is 19.8 Å². The van der Waals surface area contributed by atoms with Gasteiger partial charge in [-0.05, 0) is 37.3 Å². The van der Waals surface area contributed by atoms with Gasteiger partial charge in [0.15, 0.2) is 12.4 Å². The summed E-state index contributed by atoms with van der Waals surface area (Å²) in [4.78, 5) is 47.1. The number of carbonyl (C=O) groups is 4. The molecule has 0 saturated heterocycles. The van der Waals surface area contributed by atoms with E-state index in [9.17, 15) is 19.2 Å². The number of nitrogens with one attached hydrogen (secondary N) is 2. The highest BCUT2D eigenvalue weighted by molar-refractivity contribution is 6.31. The molecular weight excluding hydrogens is 412 g/mol. The van der Waals surface area contributed by atoms with Gasteiger partial charge in [-0.15, -0.1) is 0 Å². The summed E-state index contributed by atoms with van der Waals surface area (Å²) in [7, 11) is 1.44. The summed E-state index contributed by atoms with van der Waals surface area (Å²) in [6, 6.07) is 11.2. The Bertz CT molecular complexity index is 960. The first-order valence-corrected chi connectivity index (χ1v) is 9.36. The van der Waals surface area contributed by atoms with E-state index < -0.39 is 24.4 Å². The van der Waals surface area contributed by atoms with Crippen LogP contribution in [0.3, 0.4) is 0 Å². The van der Waals surface area contributed by atoms with Crippen molar-refractivity contribution in [2.75, 3.05) is 24.4 Å². The fourth-order valence-electron chi connectivity index (χ4n) is 2.44. The Kier molecular flexibility index (Phi) is 8.37. The summed E-state index contributed by atoms with van der Waals surface area (Å²) in [5, 5.41) is 5.55. The standard InChI is InChI=1S/C21H21ClN2O6/c1-13(25)14-4-3-5-16(10-14)23-19(26)8-9-21(28)30-12-20(27)24-17-11-15(22)6-7-18(17)29-2/h3-7,10-11H,8-9,12H2,1-2H3,(H,23,26)(H,24,27). The molecule has 8 nitrogen and oxygen atoms in total. The molecule has 0 bridgehead atoms. The Labute approximate surface area is 178 Å². The first-order valence-electron chi connectivity index (χ1n) is 8.98. The lowest BCUT2D eigenvalue weighted by Crippen LogP contribution is -2.22. The number of ether oxygens (including phenoxy) is 2. The highest BCUT2D eigenvalue weighted by Gasteiger charge is 2.13. The van der Waals surface area contributed by atoms with Crippen LogP contribution in [0.2, 0.25) is 5.02 Å². The topological polar surface area (TPSA) is 111 Å². The molecule has 2 aromatic carbocycles. The van der Waals surface area contributed by atoms with Crippen LogP contribution >= 0.6 is 11.6 Å². The van der Waals surface area contributed by atoms with Crippen molar-refractivity contribution in [3.05, 3.63) is 53.1 Å². The highest BCUT2D eigenvalue weighted by Crippen LogP contribution is 2.27. The van der Waals surface area contributed by atoms with E-state index in [1.54, 1.807) is 36.4 Å². The van der Waals surface area contributed by atoms with Gasteiger partial charge >= 0.3 is 5.97 Å². The summed E-state index contributed by atoms with van der Waals surface area (Å²) in [6.45, 7) is 0.909. The fourth-order valence-corrected chi connectivity index (χ4v) is 2.61. The van der Waals surface area contributed by atoms with Crippen molar-refractivity contribution in [2.24, 2.45) is 0 Å². The molecule has 0 aliphatic heterocycles. The average Bonchev–Trinajstić information content (AvgIpc) is 2.71. The second-order valence-corrected chi connectivity index (χ2v) is 6.68. The third kappa shape index (κ3) is 7.21. The van der Waals surface area contributed by atoms with E-state index >= 15 is 0 Å². The smallest absolute Gasteiger partial charge is 0.306 e. The molecule has 2 aromatic rings. The zero-order valence-corrected chi connectivity index (χ0v) is 17.2. The number of hydrogen-bond acceptors (Lipinski definition) is 6. The molecule has 2 amide bonds. The lowest BCUT2D eigenvalue weighted by Gasteiger charge is -2.11. The quantitative estimate of drug-likeness (QED) is 0.463. The first kappa shape index (κ1) is 22.9. The van der Waals surface area contributed by atoms with Crippen molar-refractivity contribution in [1.82, 2.24) is 0 Å². The number of rotatable bonds is 9. The Morgan fingerprint density at radius 2 is 1.73 bits per heavy atom. The second kappa shape index (κ2) is 11.0. The van der Waals surface area contributed by atoms with Gasteiger partial charge in [-0.3, -0.25) is 19.2 Å². The predicted octanol–water partition coefficient (Wildman–Crippen LogP) is 3.45. The fraction of sp³-hybridized carbons (Fsp3) is 0.238. The minimum absolute atomic E-state index is 0.122. The maximum absolute atomic E-state index is 12.0. The number of Topliss-reactive ketones (excluding diaryl/α,β-unsaturated/α-hetero) is 1. The number of methoxy groups -OCH3 is 1. The summed E-state index contributed by atoms with van der Waals surface area (Å²) in [6.07, 6.45) is -0.334. The maximum atomic E-state index is 12.0. The number of benzene rings is 2. The van der Waals surface area contributed by atoms with Gasteiger partial charge in [-0.1, -0.05) is 23.7 Å². The normalized spacial score (nSPS) is 10.1. The Morgan fingerprint density at radius 1 is 0.967 bits per heavy atom. The summed E-state index contributed by atoms with van der Waals surface area (Å²) >= 11 is 5.89. The van der Waals surface area contributed by atoms with Crippen molar-refractivity contribution in [3.8, 4) is 5.75 Å². The molecule has 0 fully saturated rings. The van der Waals surface area contributed by atoms with Crippen molar-refractivity contribution in [3.63, 3.8) is 0 Å². The lowest BCUT2D eigenvalue weighted by molar-refractivity contribution is -0.147. The zero-order valence-electron chi connectivity index (χ0n) is 16.5. The molecule has 2 N–H and O–H groups in total. The van der Waals surface area contributed by atoms with E-state index in [4.69, 9.17) is 21.1 Å². The van der Waals surface area contributed by atoms with Gasteiger partial charge in [0, 0.05) is 22.7 Å². The van der Waals surface area contributed by atoms with Crippen LogP contribution in [0.4, 0.5) is 11.4 Å². The molecule has 158 valence electrons. The van der Waals surface area contributed by atoms with Crippen molar-refractivity contribution >= 4 is 46.5 Å². The number of ketones is 1. The number of carbonyl (C=O) groups excluding carboxylic acids is 4. The molecule has 0 aromatic heterocycles. The molecular formula is C21H21ClN2O6. The third-order valence-corrected chi connectivity index (χ3v) is 4.14.